The molecule has 3 heteroatoms. The minimum absolute atomic E-state index is 0.442. The first-order valence-electron chi connectivity index (χ1n) is 7.52. The van der Waals surface area contributed by atoms with E-state index in [-0.39, 0.29) is 0 Å². The molecule has 0 aromatic carbocycles. The third-order valence-electron chi connectivity index (χ3n) is 4.40. The molecule has 106 valence electrons. The van der Waals surface area contributed by atoms with E-state index in [1.54, 1.807) is 0 Å². The van der Waals surface area contributed by atoms with Crippen molar-refractivity contribution in [1.82, 2.24) is 15.2 Å². The molecule has 0 saturated carbocycles. The van der Waals surface area contributed by atoms with Crippen molar-refractivity contribution in [2.24, 2.45) is 5.92 Å². The number of rotatable bonds is 4. The van der Waals surface area contributed by atoms with Crippen molar-refractivity contribution in [1.29, 1.82) is 0 Å². The highest BCUT2D eigenvalue weighted by Gasteiger charge is 2.32. The maximum absolute atomic E-state index is 4.27. The predicted octanol–water partition coefficient (Wildman–Crippen LogP) is 2.85. The summed E-state index contributed by atoms with van der Waals surface area (Å²) in [7, 11) is 0. The molecular weight excluding hydrogens is 234 g/mol. The summed E-state index contributed by atoms with van der Waals surface area (Å²) in [5, 5.41) is 3.68. The Kier molecular flexibility index (Phi) is 4.94. The molecule has 2 heterocycles. The largest absolute Gasteiger partial charge is 0.311 e. The second-order valence-corrected chi connectivity index (χ2v) is 5.98. The van der Waals surface area contributed by atoms with Gasteiger partial charge in [0.05, 0.1) is 0 Å². The smallest absolute Gasteiger partial charge is 0.0339 e. The molecule has 3 unspecified atom stereocenters. The summed E-state index contributed by atoms with van der Waals surface area (Å²) in [5.74, 6) is 0.671. The monoisotopic (exact) mass is 261 g/mol. The van der Waals surface area contributed by atoms with E-state index in [1.807, 2.05) is 18.5 Å². The van der Waals surface area contributed by atoms with Gasteiger partial charge in [0.15, 0.2) is 0 Å². The molecule has 0 spiro atoms. The van der Waals surface area contributed by atoms with E-state index in [4.69, 9.17) is 0 Å². The summed E-state index contributed by atoms with van der Waals surface area (Å²) >= 11 is 0. The fraction of sp³-hybridized carbons (Fsp3) is 0.688. The Morgan fingerprint density at radius 1 is 1.42 bits per heavy atom. The zero-order valence-electron chi connectivity index (χ0n) is 12.6. The normalized spacial score (nSPS) is 26.6. The molecular formula is C16H27N3. The maximum atomic E-state index is 4.27. The number of hydrogen-bond acceptors (Lipinski definition) is 3. The van der Waals surface area contributed by atoms with Gasteiger partial charge in [0, 0.05) is 43.6 Å². The van der Waals surface area contributed by atoms with Crippen LogP contribution in [0.5, 0.6) is 0 Å². The fourth-order valence-corrected chi connectivity index (χ4v) is 3.01. The summed E-state index contributed by atoms with van der Waals surface area (Å²) in [6.07, 6.45) is 5.05. The van der Waals surface area contributed by atoms with Crippen molar-refractivity contribution in [3.8, 4) is 0 Å². The average Bonchev–Trinajstić information content (AvgIpc) is 2.46. The van der Waals surface area contributed by atoms with Crippen molar-refractivity contribution in [2.75, 3.05) is 13.1 Å². The van der Waals surface area contributed by atoms with Crippen molar-refractivity contribution in [2.45, 2.75) is 52.2 Å². The summed E-state index contributed by atoms with van der Waals surface area (Å²) in [6.45, 7) is 11.4. The van der Waals surface area contributed by atoms with Crippen LogP contribution in [-0.2, 0) is 0 Å². The molecule has 1 N–H and O–H groups in total. The first-order valence-corrected chi connectivity index (χ1v) is 7.52. The third-order valence-corrected chi connectivity index (χ3v) is 4.40. The third kappa shape index (κ3) is 3.34. The lowest BCUT2D eigenvalue weighted by Crippen LogP contribution is -2.58. The van der Waals surface area contributed by atoms with Crippen LogP contribution in [0.25, 0.3) is 0 Å². The summed E-state index contributed by atoms with van der Waals surface area (Å²) in [4.78, 5) is 6.93. The second kappa shape index (κ2) is 6.49. The highest BCUT2D eigenvalue weighted by atomic mass is 15.3. The van der Waals surface area contributed by atoms with E-state index in [0.717, 1.165) is 13.1 Å². The topological polar surface area (TPSA) is 28.2 Å². The van der Waals surface area contributed by atoms with Gasteiger partial charge in [-0.05, 0) is 30.9 Å². The van der Waals surface area contributed by atoms with Crippen LogP contribution in [0.4, 0.5) is 0 Å². The Balaban J connectivity index is 2.17. The van der Waals surface area contributed by atoms with Crippen LogP contribution in [0, 0.1) is 5.92 Å². The molecule has 2 rings (SSSR count). The number of piperazine rings is 1. The minimum Gasteiger partial charge on any atom is -0.311 e. The summed E-state index contributed by atoms with van der Waals surface area (Å²) < 4.78 is 0. The Bertz CT molecular complexity index is 377. The van der Waals surface area contributed by atoms with Crippen molar-refractivity contribution >= 4 is 0 Å². The summed E-state index contributed by atoms with van der Waals surface area (Å²) in [5.41, 5.74) is 1.32. The molecule has 0 amide bonds. The average molecular weight is 261 g/mol. The minimum atomic E-state index is 0.442. The highest BCUT2D eigenvalue weighted by molar-refractivity contribution is 5.14. The molecule has 1 saturated heterocycles. The van der Waals surface area contributed by atoms with E-state index in [9.17, 15) is 0 Å². The van der Waals surface area contributed by atoms with Gasteiger partial charge in [-0.2, -0.15) is 0 Å². The van der Waals surface area contributed by atoms with Gasteiger partial charge in [-0.15, -0.1) is 0 Å². The van der Waals surface area contributed by atoms with E-state index in [1.165, 1.54) is 12.0 Å². The van der Waals surface area contributed by atoms with E-state index in [0.29, 0.717) is 24.0 Å². The van der Waals surface area contributed by atoms with E-state index < -0.39 is 0 Å². The molecule has 1 aromatic rings. The van der Waals surface area contributed by atoms with Crippen LogP contribution in [0.15, 0.2) is 24.5 Å². The van der Waals surface area contributed by atoms with Crippen molar-refractivity contribution in [3.05, 3.63) is 30.1 Å². The summed E-state index contributed by atoms with van der Waals surface area (Å²) in [6, 6.07) is 5.90. The van der Waals surface area contributed by atoms with E-state index >= 15 is 0 Å². The molecule has 19 heavy (non-hydrogen) atoms. The standard InChI is InChI=1S/C16H27N3/c1-5-15-11-19(16(10-18-15)12(2)3)13(4)14-7-6-8-17-9-14/h6-9,12-13,15-16,18H,5,10-11H2,1-4H3. The quantitative estimate of drug-likeness (QED) is 0.903. The maximum Gasteiger partial charge on any atom is 0.0339 e. The molecule has 0 aliphatic carbocycles. The van der Waals surface area contributed by atoms with Crippen molar-refractivity contribution < 1.29 is 0 Å². The lowest BCUT2D eigenvalue weighted by Gasteiger charge is -2.45. The van der Waals surface area contributed by atoms with Gasteiger partial charge in [-0.25, -0.2) is 0 Å². The predicted molar refractivity (Wildman–Crippen MR) is 80.1 cm³/mol. The Hall–Kier alpha value is -0.930. The highest BCUT2D eigenvalue weighted by Crippen LogP contribution is 2.27. The molecule has 0 radical (unpaired) electrons. The lowest BCUT2D eigenvalue weighted by atomic mass is 9.94. The SMILES string of the molecule is CCC1CN(C(C)c2cccnc2)C(C(C)C)CN1. The van der Waals surface area contributed by atoms with Crippen LogP contribution < -0.4 is 5.32 Å². The van der Waals surface area contributed by atoms with Crippen LogP contribution in [0.1, 0.15) is 45.7 Å². The number of hydrogen-bond donors (Lipinski definition) is 1. The Morgan fingerprint density at radius 3 is 2.79 bits per heavy atom. The molecule has 1 fully saturated rings. The van der Waals surface area contributed by atoms with Crippen LogP contribution in [0.3, 0.4) is 0 Å². The molecule has 0 bridgehead atoms. The van der Waals surface area contributed by atoms with Crippen LogP contribution >= 0.6 is 0 Å². The van der Waals surface area contributed by atoms with Gasteiger partial charge < -0.3 is 5.32 Å². The number of pyridine rings is 1. The van der Waals surface area contributed by atoms with Gasteiger partial charge in [-0.3, -0.25) is 9.88 Å². The number of nitrogens with one attached hydrogen (secondary N) is 1. The molecule has 1 aliphatic heterocycles. The van der Waals surface area contributed by atoms with E-state index in [2.05, 4.69) is 49.0 Å². The molecule has 1 aliphatic rings. The van der Waals surface area contributed by atoms with Gasteiger partial charge in [-0.1, -0.05) is 26.8 Å². The zero-order chi connectivity index (χ0) is 13.8. The molecule has 3 atom stereocenters. The second-order valence-electron chi connectivity index (χ2n) is 5.98. The molecule has 3 nitrogen and oxygen atoms in total. The van der Waals surface area contributed by atoms with Crippen LogP contribution in [0.2, 0.25) is 0 Å². The fourth-order valence-electron chi connectivity index (χ4n) is 3.01. The first-order chi connectivity index (χ1) is 9.13. The van der Waals surface area contributed by atoms with Gasteiger partial charge >= 0.3 is 0 Å². The van der Waals surface area contributed by atoms with Crippen LogP contribution in [-0.4, -0.2) is 35.1 Å². The number of nitrogens with zero attached hydrogens (tertiary/aromatic N) is 2. The van der Waals surface area contributed by atoms with Gasteiger partial charge in [0.2, 0.25) is 0 Å². The lowest BCUT2D eigenvalue weighted by molar-refractivity contribution is 0.0609. The van der Waals surface area contributed by atoms with Gasteiger partial charge in [0.1, 0.15) is 0 Å². The van der Waals surface area contributed by atoms with Gasteiger partial charge in [0.25, 0.3) is 0 Å². The van der Waals surface area contributed by atoms with Crippen molar-refractivity contribution in [3.63, 3.8) is 0 Å². The Labute approximate surface area is 117 Å². The molecule has 1 aromatic heterocycles. The zero-order valence-corrected chi connectivity index (χ0v) is 12.6. The number of aromatic nitrogens is 1. The first kappa shape index (κ1) is 14.5. The Morgan fingerprint density at radius 2 is 2.21 bits per heavy atom.